The second-order valence-electron chi connectivity index (χ2n) is 4.45. The van der Waals surface area contributed by atoms with Gasteiger partial charge in [0.15, 0.2) is 9.84 Å². The molecule has 0 bridgehead atoms. The average Bonchev–Trinajstić information content (AvgIpc) is 2.61. The van der Waals surface area contributed by atoms with Crippen molar-refractivity contribution >= 4 is 9.84 Å². The Bertz CT molecular complexity index is 685. The Morgan fingerprint density at radius 1 is 1.44 bits per heavy atom. The molecule has 0 aliphatic carbocycles. The first kappa shape index (κ1) is 12.9. The van der Waals surface area contributed by atoms with E-state index in [0.717, 1.165) is 4.57 Å². The number of aromatic nitrogens is 2. The molecule has 1 aliphatic heterocycles. The van der Waals surface area contributed by atoms with Gasteiger partial charge in [-0.25, -0.2) is 13.2 Å². The normalized spacial score (nSPS) is 22.2. The van der Waals surface area contributed by atoms with Crippen molar-refractivity contribution in [3.8, 4) is 5.88 Å². The number of nitrogens with one attached hydrogen (secondary N) is 1. The molecule has 2 N–H and O–H groups in total. The van der Waals surface area contributed by atoms with Gasteiger partial charge < -0.3 is 5.11 Å². The fourth-order valence-electron chi connectivity index (χ4n) is 2.09. The highest BCUT2D eigenvalue weighted by Crippen LogP contribution is 2.22. The summed E-state index contributed by atoms with van der Waals surface area (Å²) >= 11 is 0. The SMILES string of the molecule is Cc1c(O)n(CC2CCCS2(=O)=O)c(=O)[nH]c1=O. The lowest BCUT2D eigenvalue weighted by Gasteiger charge is -2.13. The minimum absolute atomic E-state index is 0.00462. The van der Waals surface area contributed by atoms with Crippen LogP contribution in [0.1, 0.15) is 18.4 Å². The molecule has 1 saturated heterocycles. The molecule has 1 aromatic rings. The largest absolute Gasteiger partial charge is 0.494 e. The van der Waals surface area contributed by atoms with Crippen LogP contribution >= 0.6 is 0 Å². The van der Waals surface area contributed by atoms with Gasteiger partial charge in [-0.1, -0.05) is 0 Å². The topological polar surface area (TPSA) is 109 Å². The Labute approximate surface area is 103 Å². The zero-order valence-corrected chi connectivity index (χ0v) is 10.7. The van der Waals surface area contributed by atoms with Crippen LogP contribution in [0.2, 0.25) is 0 Å². The van der Waals surface area contributed by atoms with E-state index in [4.69, 9.17) is 0 Å². The number of aromatic hydroxyl groups is 1. The minimum Gasteiger partial charge on any atom is -0.494 e. The predicted octanol–water partition coefficient (Wildman–Crippen LogP) is -0.872. The molecule has 0 amide bonds. The van der Waals surface area contributed by atoms with E-state index in [0.29, 0.717) is 12.8 Å². The molecule has 2 rings (SSSR count). The van der Waals surface area contributed by atoms with Crippen LogP contribution in [-0.4, -0.2) is 34.1 Å². The third kappa shape index (κ3) is 2.07. The molecule has 1 fully saturated rings. The predicted molar refractivity (Wildman–Crippen MR) is 64.5 cm³/mol. The summed E-state index contributed by atoms with van der Waals surface area (Å²) in [6.07, 6.45) is 1.03. The first-order valence-corrected chi connectivity index (χ1v) is 7.28. The lowest BCUT2D eigenvalue weighted by molar-refractivity contribution is 0.391. The van der Waals surface area contributed by atoms with Gasteiger partial charge in [0.1, 0.15) is 0 Å². The van der Waals surface area contributed by atoms with E-state index in [9.17, 15) is 23.1 Å². The molecule has 1 aliphatic rings. The van der Waals surface area contributed by atoms with E-state index >= 15 is 0 Å². The maximum atomic E-state index is 11.7. The van der Waals surface area contributed by atoms with Gasteiger partial charge in [-0.15, -0.1) is 0 Å². The lowest BCUT2D eigenvalue weighted by atomic mass is 10.2. The summed E-state index contributed by atoms with van der Waals surface area (Å²) < 4.78 is 24.3. The first-order valence-electron chi connectivity index (χ1n) is 5.57. The van der Waals surface area contributed by atoms with Crippen molar-refractivity contribution < 1.29 is 13.5 Å². The Hall–Kier alpha value is -1.57. The van der Waals surface area contributed by atoms with Crippen molar-refractivity contribution in [2.45, 2.75) is 31.6 Å². The number of nitrogens with zero attached hydrogens (tertiary/aromatic N) is 1. The number of H-pyrrole nitrogens is 1. The van der Waals surface area contributed by atoms with Gasteiger partial charge in [-0.05, 0) is 19.8 Å². The molecule has 18 heavy (non-hydrogen) atoms. The first-order chi connectivity index (χ1) is 8.33. The van der Waals surface area contributed by atoms with Crippen LogP contribution in [0.25, 0.3) is 0 Å². The standard InChI is InChI=1S/C10H14N2O5S/c1-6-8(13)11-10(15)12(9(6)14)5-7-3-2-4-18(7,16)17/h7,14H,2-5H2,1H3,(H,11,13,15). The molecule has 2 heterocycles. The Morgan fingerprint density at radius 3 is 2.67 bits per heavy atom. The fourth-order valence-corrected chi connectivity index (χ4v) is 3.90. The van der Waals surface area contributed by atoms with Crippen molar-refractivity contribution in [2.75, 3.05) is 5.75 Å². The summed E-state index contributed by atoms with van der Waals surface area (Å²) in [5, 5.41) is 9.06. The van der Waals surface area contributed by atoms with Gasteiger partial charge in [-0.3, -0.25) is 14.3 Å². The number of hydrogen-bond acceptors (Lipinski definition) is 5. The summed E-state index contributed by atoms with van der Waals surface area (Å²) in [7, 11) is -3.20. The summed E-state index contributed by atoms with van der Waals surface area (Å²) in [5.41, 5.74) is -1.45. The summed E-state index contributed by atoms with van der Waals surface area (Å²) in [4.78, 5) is 24.8. The zero-order valence-electron chi connectivity index (χ0n) is 9.84. The summed E-state index contributed by atoms with van der Waals surface area (Å²) in [6, 6.07) is 0. The van der Waals surface area contributed by atoms with Gasteiger partial charge >= 0.3 is 5.69 Å². The van der Waals surface area contributed by atoms with Gasteiger partial charge in [0, 0.05) is 6.54 Å². The minimum atomic E-state index is -3.20. The van der Waals surface area contributed by atoms with Crippen LogP contribution in [-0.2, 0) is 16.4 Å². The third-order valence-corrected chi connectivity index (χ3v) is 5.50. The Balaban J connectivity index is 2.45. The molecule has 0 radical (unpaired) electrons. The number of hydrogen-bond donors (Lipinski definition) is 2. The van der Waals surface area contributed by atoms with Crippen LogP contribution in [0.3, 0.4) is 0 Å². The molecule has 1 aromatic heterocycles. The second kappa shape index (κ2) is 4.27. The van der Waals surface area contributed by atoms with E-state index in [1.54, 1.807) is 0 Å². The van der Waals surface area contributed by atoms with Gasteiger partial charge in [0.05, 0.1) is 16.6 Å². The monoisotopic (exact) mass is 274 g/mol. The molecule has 0 saturated carbocycles. The molecular formula is C10H14N2O5S. The van der Waals surface area contributed by atoms with Crippen molar-refractivity contribution in [3.05, 3.63) is 26.4 Å². The van der Waals surface area contributed by atoms with Gasteiger partial charge in [-0.2, -0.15) is 0 Å². The van der Waals surface area contributed by atoms with E-state index in [-0.39, 0.29) is 17.9 Å². The third-order valence-electron chi connectivity index (χ3n) is 3.25. The average molecular weight is 274 g/mol. The maximum Gasteiger partial charge on any atom is 0.331 e. The van der Waals surface area contributed by atoms with Gasteiger partial charge in [0.25, 0.3) is 5.56 Å². The van der Waals surface area contributed by atoms with Crippen LogP contribution < -0.4 is 11.2 Å². The van der Waals surface area contributed by atoms with Crippen molar-refractivity contribution in [2.24, 2.45) is 0 Å². The zero-order chi connectivity index (χ0) is 13.5. The molecule has 0 spiro atoms. The summed E-state index contributed by atoms with van der Waals surface area (Å²) in [6.45, 7) is 1.25. The quantitative estimate of drug-likeness (QED) is 0.728. The number of sulfone groups is 1. The summed E-state index contributed by atoms with van der Waals surface area (Å²) in [5.74, 6) is -0.360. The molecule has 7 nitrogen and oxygen atoms in total. The van der Waals surface area contributed by atoms with Gasteiger partial charge in [0.2, 0.25) is 5.88 Å². The van der Waals surface area contributed by atoms with Crippen LogP contribution in [0.4, 0.5) is 0 Å². The van der Waals surface area contributed by atoms with Crippen molar-refractivity contribution in [3.63, 3.8) is 0 Å². The highest BCUT2D eigenvalue weighted by Gasteiger charge is 2.32. The highest BCUT2D eigenvalue weighted by atomic mass is 32.2. The van der Waals surface area contributed by atoms with Crippen molar-refractivity contribution in [1.82, 2.24) is 9.55 Å². The molecule has 0 aromatic carbocycles. The Kier molecular flexibility index (Phi) is 3.05. The fraction of sp³-hybridized carbons (Fsp3) is 0.600. The molecule has 100 valence electrons. The van der Waals surface area contributed by atoms with E-state index in [2.05, 4.69) is 0 Å². The molecule has 1 unspecified atom stereocenters. The number of aromatic amines is 1. The highest BCUT2D eigenvalue weighted by molar-refractivity contribution is 7.92. The molecule has 8 heteroatoms. The van der Waals surface area contributed by atoms with E-state index in [1.165, 1.54) is 6.92 Å². The van der Waals surface area contributed by atoms with Crippen molar-refractivity contribution in [1.29, 1.82) is 0 Å². The van der Waals surface area contributed by atoms with Crippen LogP contribution in [0.5, 0.6) is 5.88 Å². The Morgan fingerprint density at radius 2 is 2.11 bits per heavy atom. The molecule has 1 atom stereocenters. The second-order valence-corrected chi connectivity index (χ2v) is 6.85. The van der Waals surface area contributed by atoms with E-state index in [1.807, 2.05) is 4.98 Å². The maximum absolute atomic E-state index is 11.7. The van der Waals surface area contributed by atoms with E-state index < -0.39 is 32.2 Å². The van der Waals surface area contributed by atoms with Crippen LogP contribution in [0, 0.1) is 6.92 Å². The number of rotatable bonds is 2. The lowest BCUT2D eigenvalue weighted by Crippen LogP contribution is -2.35. The smallest absolute Gasteiger partial charge is 0.331 e. The molecular weight excluding hydrogens is 260 g/mol. The van der Waals surface area contributed by atoms with Crippen LogP contribution in [0.15, 0.2) is 9.59 Å².